The van der Waals surface area contributed by atoms with Gasteiger partial charge in [0.1, 0.15) is 0 Å². The predicted octanol–water partition coefficient (Wildman–Crippen LogP) is 1.40. The number of ether oxygens (including phenoxy) is 3. The van der Waals surface area contributed by atoms with Crippen LogP contribution in [0.4, 0.5) is 0 Å². The van der Waals surface area contributed by atoms with E-state index in [1.807, 2.05) is 0 Å². The highest BCUT2D eigenvalue weighted by molar-refractivity contribution is 8.13. The minimum atomic E-state index is -3.52. The molecule has 5 nitrogen and oxygen atoms in total. The molecule has 0 amide bonds. The Hall–Kier alpha value is 0.120. The van der Waals surface area contributed by atoms with Gasteiger partial charge in [-0.1, -0.05) is 0 Å². The molecular weight excluding hydrogens is 292 g/mol. The van der Waals surface area contributed by atoms with Gasteiger partial charge in [0.2, 0.25) is 9.05 Å². The van der Waals surface area contributed by atoms with E-state index < -0.39 is 14.5 Å². The molecule has 0 radical (unpaired) electrons. The van der Waals surface area contributed by atoms with Gasteiger partial charge in [0, 0.05) is 41.8 Å². The Labute approximate surface area is 119 Å². The van der Waals surface area contributed by atoms with E-state index in [1.54, 1.807) is 0 Å². The van der Waals surface area contributed by atoms with Crippen molar-refractivity contribution in [2.45, 2.75) is 19.3 Å². The van der Waals surface area contributed by atoms with E-state index in [4.69, 9.17) is 24.9 Å². The maximum atomic E-state index is 11.4. The molecule has 0 aliphatic carbocycles. The van der Waals surface area contributed by atoms with Gasteiger partial charge in [-0.3, -0.25) is 0 Å². The van der Waals surface area contributed by atoms with Gasteiger partial charge in [0.05, 0.1) is 25.6 Å². The van der Waals surface area contributed by atoms with Crippen LogP contribution in [0.25, 0.3) is 0 Å². The summed E-state index contributed by atoms with van der Waals surface area (Å²) < 4.78 is 39.1. The molecule has 2 aliphatic heterocycles. The molecule has 19 heavy (non-hydrogen) atoms. The van der Waals surface area contributed by atoms with Crippen LogP contribution in [-0.4, -0.2) is 53.8 Å². The van der Waals surface area contributed by atoms with Crippen LogP contribution in [0.2, 0.25) is 0 Å². The topological polar surface area (TPSA) is 61.8 Å². The third kappa shape index (κ3) is 5.19. The fourth-order valence-corrected chi connectivity index (χ4v) is 4.46. The summed E-state index contributed by atoms with van der Waals surface area (Å²) in [5.41, 5.74) is -0.391. The fraction of sp³-hybridized carbons (Fsp3) is 1.00. The van der Waals surface area contributed by atoms with E-state index in [1.165, 1.54) is 0 Å². The molecule has 0 bridgehead atoms. The van der Waals surface area contributed by atoms with Crippen molar-refractivity contribution in [3.05, 3.63) is 0 Å². The molecule has 2 saturated heterocycles. The van der Waals surface area contributed by atoms with E-state index in [-0.39, 0.29) is 5.75 Å². The highest BCUT2D eigenvalue weighted by Crippen LogP contribution is 2.33. The maximum Gasteiger partial charge on any atom is 0.233 e. The van der Waals surface area contributed by atoms with Crippen molar-refractivity contribution in [2.75, 3.05) is 45.4 Å². The summed E-state index contributed by atoms with van der Waals surface area (Å²) in [7, 11) is 1.90. The molecule has 0 spiro atoms. The van der Waals surface area contributed by atoms with E-state index in [0.29, 0.717) is 45.2 Å². The van der Waals surface area contributed by atoms with Crippen LogP contribution in [-0.2, 0) is 23.3 Å². The fourth-order valence-electron chi connectivity index (χ4n) is 2.66. The summed E-state index contributed by atoms with van der Waals surface area (Å²) >= 11 is 0. The summed E-state index contributed by atoms with van der Waals surface area (Å²) in [4.78, 5) is 0. The Morgan fingerprint density at radius 2 is 1.95 bits per heavy atom. The van der Waals surface area contributed by atoms with Gasteiger partial charge in [-0.25, -0.2) is 8.42 Å². The van der Waals surface area contributed by atoms with E-state index in [2.05, 4.69) is 0 Å². The van der Waals surface area contributed by atoms with Crippen LogP contribution in [0.3, 0.4) is 0 Å². The first kappa shape index (κ1) is 15.5. The van der Waals surface area contributed by atoms with E-state index >= 15 is 0 Å². The first-order valence-corrected chi connectivity index (χ1v) is 9.13. The lowest BCUT2D eigenvalue weighted by Crippen LogP contribution is -2.39. The van der Waals surface area contributed by atoms with Gasteiger partial charge in [0.25, 0.3) is 0 Å². The van der Waals surface area contributed by atoms with Gasteiger partial charge >= 0.3 is 0 Å². The van der Waals surface area contributed by atoms with Crippen molar-refractivity contribution in [1.29, 1.82) is 0 Å². The second-order valence-electron chi connectivity index (χ2n) is 5.54. The Kier molecular flexibility index (Phi) is 5.48. The van der Waals surface area contributed by atoms with Gasteiger partial charge < -0.3 is 14.2 Å². The van der Waals surface area contributed by atoms with Crippen molar-refractivity contribution < 1.29 is 22.6 Å². The van der Waals surface area contributed by atoms with Crippen LogP contribution in [0, 0.1) is 11.3 Å². The first-order valence-electron chi connectivity index (χ1n) is 6.65. The van der Waals surface area contributed by atoms with Gasteiger partial charge in [0.15, 0.2) is 0 Å². The standard InChI is InChI=1S/C12H21ClO5S/c13-19(14,15)10-12(2-5-16-6-3-12)9-18-8-11-1-4-17-7-11/h11H,1-10H2. The average molecular weight is 313 g/mol. The molecule has 0 N–H and O–H groups in total. The third-order valence-electron chi connectivity index (χ3n) is 3.82. The molecule has 2 rings (SSSR count). The van der Waals surface area contributed by atoms with Crippen LogP contribution in [0.5, 0.6) is 0 Å². The lowest BCUT2D eigenvalue weighted by Gasteiger charge is -2.36. The summed E-state index contributed by atoms with van der Waals surface area (Å²) in [5, 5.41) is 0. The molecule has 0 aromatic carbocycles. The van der Waals surface area contributed by atoms with E-state index in [0.717, 1.165) is 19.6 Å². The zero-order valence-corrected chi connectivity index (χ0v) is 12.5. The van der Waals surface area contributed by atoms with Crippen molar-refractivity contribution >= 4 is 19.7 Å². The highest BCUT2D eigenvalue weighted by atomic mass is 35.7. The van der Waals surface area contributed by atoms with Crippen LogP contribution in [0.15, 0.2) is 0 Å². The lowest BCUT2D eigenvalue weighted by molar-refractivity contribution is -0.0352. The SMILES string of the molecule is O=S(=O)(Cl)CC1(COCC2CCOC2)CCOCC1. The average Bonchev–Trinajstić information content (AvgIpc) is 2.81. The Morgan fingerprint density at radius 3 is 2.53 bits per heavy atom. The number of rotatable bonds is 6. The molecule has 0 aromatic rings. The molecule has 112 valence electrons. The zero-order chi connectivity index (χ0) is 13.8. The van der Waals surface area contributed by atoms with Crippen LogP contribution in [0.1, 0.15) is 19.3 Å². The normalized spacial score (nSPS) is 27.5. The molecule has 7 heteroatoms. The second kappa shape index (κ2) is 6.72. The highest BCUT2D eigenvalue weighted by Gasteiger charge is 2.37. The quantitative estimate of drug-likeness (QED) is 0.694. The minimum Gasteiger partial charge on any atom is -0.381 e. The second-order valence-corrected chi connectivity index (χ2v) is 8.32. The molecular formula is C12H21ClO5S. The molecule has 1 atom stereocenters. The molecule has 2 aliphatic rings. The van der Waals surface area contributed by atoms with E-state index in [9.17, 15) is 8.42 Å². The Balaban J connectivity index is 1.85. The van der Waals surface area contributed by atoms with Crippen molar-refractivity contribution in [3.8, 4) is 0 Å². The monoisotopic (exact) mass is 312 g/mol. The summed E-state index contributed by atoms with van der Waals surface area (Å²) in [6, 6.07) is 0. The summed E-state index contributed by atoms with van der Waals surface area (Å²) in [6.07, 6.45) is 2.38. The number of halogens is 1. The molecule has 2 fully saturated rings. The lowest BCUT2D eigenvalue weighted by atomic mass is 9.83. The van der Waals surface area contributed by atoms with Gasteiger partial charge in [-0.15, -0.1) is 0 Å². The number of hydrogen-bond acceptors (Lipinski definition) is 5. The van der Waals surface area contributed by atoms with Crippen LogP contribution >= 0.6 is 10.7 Å². The molecule has 1 unspecified atom stereocenters. The van der Waals surface area contributed by atoms with Gasteiger partial charge in [-0.05, 0) is 19.3 Å². The number of hydrogen-bond donors (Lipinski definition) is 0. The molecule has 2 heterocycles. The summed E-state index contributed by atoms with van der Waals surface area (Å²) in [5.74, 6) is 0.399. The predicted molar refractivity (Wildman–Crippen MR) is 71.9 cm³/mol. The van der Waals surface area contributed by atoms with Crippen molar-refractivity contribution in [3.63, 3.8) is 0 Å². The third-order valence-corrected chi connectivity index (χ3v) is 5.10. The van der Waals surface area contributed by atoms with Crippen molar-refractivity contribution in [1.82, 2.24) is 0 Å². The Morgan fingerprint density at radius 1 is 1.21 bits per heavy atom. The van der Waals surface area contributed by atoms with Gasteiger partial charge in [-0.2, -0.15) is 0 Å². The minimum absolute atomic E-state index is 0.0356. The largest absolute Gasteiger partial charge is 0.381 e. The first-order chi connectivity index (χ1) is 8.99. The van der Waals surface area contributed by atoms with Crippen molar-refractivity contribution in [2.24, 2.45) is 11.3 Å². The molecule has 0 aromatic heterocycles. The summed E-state index contributed by atoms with van der Waals surface area (Å²) in [6.45, 7) is 3.74. The molecule has 0 saturated carbocycles. The van der Waals surface area contributed by atoms with Crippen LogP contribution < -0.4 is 0 Å². The Bertz CT molecular complexity index is 372. The smallest absolute Gasteiger partial charge is 0.233 e. The maximum absolute atomic E-state index is 11.4. The zero-order valence-electron chi connectivity index (χ0n) is 11.0.